The largest absolute Gasteiger partial charge is 0.353 e. The fraction of sp³-hybridized carbons (Fsp3) is 0.421. The van der Waals surface area contributed by atoms with Crippen LogP contribution in [0, 0.1) is 0 Å². The molecule has 1 aliphatic rings. The number of carbonyl (C=O) groups excluding carboxylic acids is 1. The average Bonchev–Trinajstić information content (AvgIpc) is 3.16. The maximum Gasteiger partial charge on any atom is 0.234 e. The molecule has 0 aliphatic carbocycles. The van der Waals surface area contributed by atoms with Crippen molar-refractivity contribution in [3.8, 4) is 0 Å². The molecular weight excluding hydrogens is 366 g/mol. The van der Waals surface area contributed by atoms with Gasteiger partial charge in [-0.2, -0.15) is 0 Å². The monoisotopic (exact) mass is 389 g/mol. The highest BCUT2D eigenvalue weighted by molar-refractivity contribution is 9.10. The molecule has 0 spiro atoms. The number of hydrogen-bond acceptors (Lipinski definition) is 2. The van der Waals surface area contributed by atoms with Crippen LogP contribution in [0.15, 0.2) is 47.1 Å². The summed E-state index contributed by atoms with van der Waals surface area (Å²) in [6, 6.07) is 12.7. The van der Waals surface area contributed by atoms with Gasteiger partial charge >= 0.3 is 0 Å². The van der Waals surface area contributed by atoms with Gasteiger partial charge in [-0.3, -0.25) is 9.69 Å². The van der Waals surface area contributed by atoms with Crippen LogP contribution in [-0.4, -0.2) is 28.5 Å². The number of benzene rings is 1. The van der Waals surface area contributed by atoms with Gasteiger partial charge in [-0.1, -0.05) is 28.1 Å². The number of aryl methyl sites for hydroxylation is 1. The van der Waals surface area contributed by atoms with Crippen molar-refractivity contribution >= 4 is 21.8 Å². The quantitative estimate of drug-likeness (QED) is 0.843. The lowest BCUT2D eigenvalue weighted by Crippen LogP contribution is -2.38. The topological polar surface area (TPSA) is 37.3 Å². The third-order valence-electron chi connectivity index (χ3n) is 4.78. The Morgan fingerprint density at radius 2 is 2.08 bits per heavy atom. The summed E-state index contributed by atoms with van der Waals surface area (Å²) >= 11 is 3.44. The zero-order chi connectivity index (χ0) is 17.1. The molecule has 4 nitrogen and oxygen atoms in total. The molecule has 1 aliphatic heterocycles. The van der Waals surface area contributed by atoms with E-state index >= 15 is 0 Å². The number of halogens is 1. The number of nitrogens with one attached hydrogen (secondary N) is 1. The molecule has 1 N–H and O–H groups in total. The van der Waals surface area contributed by atoms with Crippen LogP contribution in [0.1, 0.15) is 43.1 Å². The second-order valence-corrected chi connectivity index (χ2v) is 7.43. The molecule has 0 unspecified atom stereocenters. The van der Waals surface area contributed by atoms with Gasteiger partial charge in [0.25, 0.3) is 0 Å². The van der Waals surface area contributed by atoms with Crippen molar-refractivity contribution < 1.29 is 4.79 Å². The first-order valence-electron chi connectivity index (χ1n) is 8.44. The number of nitrogens with zero attached hydrogens (tertiary/aromatic N) is 2. The summed E-state index contributed by atoms with van der Waals surface area (Å²) in [6.07, 6.45) is 4.33. The summed E-state index contributed by atoms with van der Waals surface area (Å²) in [6.45, 7) is 3.46. The molecule has 1 saturated heterocycles. The van der Waals surface area contributed by atoms with Crippen LogP contribution in [0.4, 0.5) is 0 Å². The highest BCUT2D eigenvalue weighted by atomic mass is 79.9. The molecule has 1 aromatic carbocycles. The molecule has 2 heterocycles. The molecule has 3 rings (SSSR count). The minimum absolute atomic E-state index is 0.0155. The maximum absolute atomic E-state index is 12.5. The lowest BCUT2D eigenvalue weighted by atomic mass is 10.1. The molecule has 2 aromatic rings. The second-order valence-electron chi connectivity index (χ2n) is 6.51. The zero-order valence-corrected chi connectivity index (χ0v) is 15.8. The van der Waals surface area contributed by atoms with Crippen LogP contribution in [0.5, 0.6) is 0 Å². The molecular formula is C19H24BrN3O. The minimum Gasteiger partial charge on any atom is -0.353 e. The highest BCUT2D eigenvalue weighted by Gasteiger charge is 2.29. The Balaban J connectivity index is 1.60. The van der Waals surface area contributed by atoms with E-state index in [2.05, 4.69) is 56.1 Å². The minimum atomic E-state index is 0.0155. The Morgan fingerprint density at radius 3 is 2.75 bits per heavy atom. The van der Waals surface area contributed by atoms with Crippen molar-refractivity contribution in [3.63, 3.8) is 0 Å². The predicted octanol–water partition coefficient (Wildman–Crippen LogP) is 3.80. The third-order valence-corrected chi connectivity index (χ3v) is 5.31. The van der Waals surface area contributed by atoms with Gasteiger partial charge in [-0.25, -0.2) is 0 Å². The van der Waals surface area contributed by atoms with E-state index in [4.69, 9.17) is 0 Å². The van der Waals surface area contributed by atoms with Gasteiger partial charge in [0.2, 0.25) is 5.91 Å². The molecule has 1 aromatic heterocycles. The normalized spacial score (nSPS) is 19.4. The Hall–Kier alpha value is -1.59. The van der Waals surface area contributed by atoms with E-state index in [0.29, 0.717) is 12.6 Å². The van der Waals surface area contributed by atoms with Gasteiger partial charge in [0.15, 0.2) is 0 Å². The van der Waals surface area contributed by atoms with E-state index in [1.807, 2.05) is 31.2 Å². The lowest BCUT2D eigenvalue weighted by Gasteiger charge is -2.25. The zero-order valence-electron chi connectivity index (χ0n) is 14.2. The molecule has 1 amide bonds. The SMILES string of the molecule is C[C@@H](NC(=O)CN1CCC[C@@H]1c1cccn1C)c1ccc(Br)cc1. The summed E-state index contributed by atoms with van der Waals surface area (Å²) in [5.41, 5.74) is 2.41. The fourth-order valence-corrected chi connectivity index (χ4v) is 3.74. The summed E-state index contributed by atoms with van der Waals surface area (Å²) in [4.78, 5) is 14.8. The van der Waals surface area contributed by atoms with Crippen LogP contribution >= 0.6 is 15.9 Å². The van der Waals surface area contributed by atoms with Gasteiger partial charge in [0.05, 0.1) is 18.6 Å². The van der Waals surface area contributed by atoms with Crippen molar-refractivity contribution in [1.29, 1.82) is 0 Å². The number of amides is 1. The summed E-state index contributed by atoms with van der Waals surface area (Å²) in [5.74, 6) is 0.0894. The molecule has 1 fully saturated rings. The number of rotatable bonds is 5. The van der Waals surface area contributed by atoms with Crippen molar-refractivity contribution in [2.45, 2.75) is 31.8 Å². The molecule has 0 radical (unpaired) electrons. The summed E-state index contributed by atoms with van der Waals surface area (Å²) in [5, 5.41) is 3.12. The van der Waals surface area contributed by atoms with E-state index < -0.39 is 0 Å². The first kappa shape index (κ1) is 17.2. The lowest BCUT2D eigenvalue weighted by molar-refractivity contribution is -0.123. The molecule has 24 heavy (non-hydrogen) atoms. The van der Waals surface area contributed by atoms with E-state index in [9.17, 15) is 4.79 Å². The number of aromatic nitrogens is 1. The van der Waals surface area contributed by atoms with Gasteiger partial charge in [-0.05, 0) is 56.1 Å². The van der Waals surface area contributed by atoms with Crippen LogP contribution in [0.2, 0.25) is 0 Å². The van der Waals surface area contributed by atoms with Crippen LogP contribution < -0.4 is 5.32 Å². The van der Waals surface area contributed by atoms with E-state index in [0.717, 1.165) is 29.4 Å². The molecule has 2 atom stereocenters. The Labute approximate surface area is 152 Å². The van der Waals surface area contributed by atoms with Crippen molar-refractivity contribution in [2.75, 3.05) is 13.1 Å². The molecule has 5 heteroatoms. The smallest absolute Gasteiger partial charge is 0.234 e. The maximum atomic E-state index is 12.5. The Bertz CT molecular complexity index is 695. The van der Waals surface area contributed by atoms with Gasteiger partial charge < -0.3 is 9.88 Å². The van der Waals surface area contributed by atoms with Crippen LogP contribution in [0.3, 0.4) is 0 Å². The van der Waals surface area contributed by atoms with Gasteiger partial charge in [0, 0.05) is 23.4 Å². The van der Waals surface area contributed by atoms with Crippen LogP contribution in [-0.2, 0) is 11.8 Å². The number of carbonyl (C=O) groups is 1. The third kappa shape index (κ3) is 3.90. The van der Waals surface area contributed by atoms with Gasteiger partial charge in [-0.15, -0.1) is 0 Å². The predicted molar refractivity (Wildman–Crippen MR) is 99.7 cm³/mol. The van der Waals surface area contributed by atoms with Crippen molar-refractivity contribution in [1.82, 2.24) is 14.8 Å². The molecule has 0 bridgehead atoms. The van der Waals surface area contributed by atoms with E-state index in [1.54, 1.807) is 0 Å². The fourth-order valence-electron chi connectivity index (χ4n) is 3.48. The van der Waals surface area contributed by atoms with Crippen LogP contribution in [0.25, 0.3) is 0 Å². The highest BCUT2D eigenvalue weighted by Crippen LogP contribution is 2.31. The molecule has 0 saturated carbocycles. The first-order chi connectivity index (χ1) is 11.5. The van der Waals surface area contributed by atoms with E-state index in [1.165, 1.54) is 5.69 Å². The van der Waals surface area contributed by atoms with Gasteiger partial charge in [0.1, 0.15) is 0 Å². The average molecular weight is 390 g/mol. The summed E-state index contributed by atoms with van der Waals surface area (Å²) < 4.78 is 3.21. The standard InChI is InChI=1S/C19H24BrN3O/c1-14(15-7-9-16(20)10-8-15)21-19(24)13-23-12-4-6-18(23)17-5-3-11-22(17)2/h3,5,7-11,14,18H,4,6,12-13H2,1-2H3,(H,21,24)/t14-,18-/m1/s1. The number of likely N-dealkylation sites (tertiary alicyclic amines) is 1. The van der Waals surface area contributed by atoms with Crippen molar-refractivity contribution in [3.05, 3.63) is 58.3 Å². The number of hydrogen-bond donors (Lipinski definition) is 1. The van der Waals surface area contributed by atoms with Crippen molar-refractivity contribution in [2.24, 2.45) is 7.05 Å². The van der Waals surface area contributed by atoms with E-state index in [-0.39, 0.29) is 11.9 Å². The summed E-state index contributed by atoms with van der Waals surface area (Å²) in [7, 11) is 2.07. The Kier molecular flexibility index (Phi) is 5.41. The first-order valence-corrected chi connectivity index (χ1v) is 9.24. The Morgan fingerprint density at radius 1 is 1.33 bits per heavy atom. The second kappa shape index (κ2) is 7.53. The molecule has 128 valence electrons.